The van der Waals surface area contributed by atoms with Crippen molar-refractivity contribution in [1.82, 2.24) is 9.55 Å². The van der Waals surface area contributed by atoms with E-state index in [-0.39, 0.29) is 5.91 Å². The number of nitrogens with one attached hydrogen (secondary N) is 1. The third-order valence-corrected chi connectivity index (χ3v) is 4.02. The molecule has 0 aliphatic heterocycles. The van der Waals surface area contributed by atoms with Crippen molar-refractivity contribution in [1.29, 1.82) is 0 Å². The summed E-state index contributed by atoms with van der Waals surface area (Å²) in [5.41, 5.74) is 2.87. The number of aryl methyl sites for hydroxylation is 2. The fourth-order valence-corrected chi connectivity index (χ4v) is 2.67. The fraction of sp³-hybridized carbons (Fsp3) is 0.222. The van der Waals surface area contributed by atoms with Crippen LogP contribution >= 0.6 is 0 Å². The molecule has 2 aromatic carbocycles. The minimum atomic E-state index is -0.295. The average molecular weight is 325 g/mol. The van der Waals surface area contributed by atoms with Crippen LogP contribution in [-0.2, 0) is 7.05 Å². The number of carbonyl (C=O) groups excluding carboxylic acids is 1. The predicted molar refractivity (Wildman–Crippen MR) is 93.0 cm³/mol. The summed E-state index contributed by atoms with van der Waals surface area (Å²) >= 11 is 0. The van der Waals surface area contributed by atoms with E-state index in [0.717, 1.165) is 16.9 Å². The Bertz CT molecular complexity index is 893. The molecule has 0 aliphatic rings. The van der Waals surface area contributed by atoms with E-state index in [1.54, 1.807) is 18.2 Å². The van der Waals surface area contributed by atoms with Gasteiger partial charge in [0.05, 0.1) is 25.3 Å². The van der Waals surface area contributed by atoms with Crippen molar-refractivity contribution in [3.63, 3.8) is 0 Å². The number of hydrogen-bond donors (Lipinski definition) is 1. The fourth-order valence-electron chi connectivity index (χ4n) is 2.67. The number of methoxy groups -OCH3 is 2. The smallest absolute Gasteiger partial charge is 0.263 e. The molecule has 1 aromatic heterocycles. The second kappa shape index (κ2) is 6.23. The molecule has 1 heterocycles. The average Bonchev–Trinajstić information content (AvgIpc) is 2.87. The number of amides is 1. The number of imidazole rings is 1. The molecule has 124 valence electrons. The molecule has 0 saturated heterocycles. The number of carbonyl (C=O) groups is 1. The highest BCUT2D eigenvalue weighted by Crippen LogP contribution is 2.29. The molecule has 0 spiro atoms. The lowest BCUT2D eigenvalue weighted by molar-refractivity contribution is 0.102. The highest BCUT2D eigenvalue weighted by Gasteiger charge is 2.18. The number of ether oxygens (including phenoxy) is 2. The zero-order chi connectivity index (χ0) is 17.3. The maximum atomic E-state index is 12.7. The summed E-state index contributed by atoms with van der Waals surface area (Å²) < 4.78 is 12.6. The third kappa shape index (κ3) is 2.67. The van der Waals surface area contributed by atoms with Crippen LogP contribution in [0.1, 0.15) is 16.2 Å². The van der Waals surface area contributed by atoms with Crippen LogP contribution in [0.25, 0.3) is 11.0 Å². The van der Waals surface area contributed by atoms with Gasteiger partial charge in [-0.15, -0.1) is 0 Å². The van der Waals surface area contributed by atoms with E-state index in [2.05, 4.69) is 10.3 Å². The van der Waals surface area contributed by atoms with Crippen molar-refractivity contribution in [2.75, 3.05) is 19.5 Å². The lowest BCUT2D eigenvalue weighted by atomic mass is 10.1. The van der Waals surface area contributed by atoms with E-state index in [0.29, 0.717) is 22.7 Å². The normalized spacial score (nSPS) is 10.7. The van der Waals surface area contributed by atoms with Crippen LogP contribution in [-0.4, -0.2) is 29.7 Å². The molecule has 6 nitrogen and oxygen atoms in total. The van der Waals surface area contributed by atoms with Gasteiger partial charge in [0.1, 0.15) is 22.9 Å². The Labute approximate surface area is 140 Å². The van der Waals surface area contributed by atoms with Crippen LogP contribution in [0.4, 0.5) is 5.69 Å². The number of anilines is 1. The monoisotopic (exact) mass is 325 g/mol. The van der Waals surface area contributed by atoms with Crippen molar-refractivity contribution >= 4 is 22.6 Å². The van der Waals surface area contributed by atoms with Crippen LogP contribution in [0, 0.1) is 6.92 Å². The Kier molecular flexibility index (Phi) is 4.12. The predicted octanol–water partition coefficient (Wildman–Crippen LogP) is 3.15. The Balaban J connectivity index is 1.95. The minimum absolute atomic E-state index is 0.295. The minimum Gasteiger partial charge on any atom is -0.496 e. The summed E-state index contributed by atoms with van der Waals surface area (Å²) in [6.45, 7) is 1.94. The Morgan fingerprint density at radius 1 is 1.12 bits per heavy atom. The van der Waals surface area contributed by atoms with E-state index < -0.39 is 0 Å². The standard InChI is InChI=1S/C18H19N3O3/c1-11-19-13-10-12(8-9-14(13)21(11)2)20-18(22)17-15(23-3)6-5-7-16(17)24-4/h5-10H,1-4H3,(H,20,22). The maximum Gasteiger partial charge on any atom is 0.263 e. The van der Waals surface area contributed by atoms with Crippen molar-refractivity contribution < 1.29 is 14.3 Å². The van der Waals surface area contributed by atoms with Gasteiger partial charge in [-0.1, -0.05) is 6.07 Å². The molecule has 24 heavy (non-hydrogen) atoms. The summed E-state index contributed by atoms with van der Waals surface area (Å²) in [6.07, 6.45) is 0. The second-order valence-electron chi connectivity index (χ2n) is 5.41. The van der Waals surface area contributed by atoms with Gasteiger partial charge in [0.15, 0.2) is 0 Å². The first-order valence-electron chi connectivity index (χ1n) is 7.50. The quantitative estimate of drug-likeness (QED) is 0.800. The van der Waals surface area contributed by atoms with Gasteiger partial charge in [-0.2, -0.15) is 0 Å². The highest BCUT2D eigenvalue weighted by atomic mass is 16.5. The molecule has 3 rings (SSSR count). The number of nitrogens with zero attached hydrogens (tertiary/aromatic N) is 2. The maximum absolute atomic E-state index is 12.7. The topological polar surface area (TPSA) is 65.4 Å². The van der Waals surface area contributed by atoms with Gasteiger partial charge in [0, 0.05) is 12.7 Å². The number of aromatic nitrogens is 2. The largest absolute Gasteiger partial charge is 0.496 e. The zero-order valence-electron chi connectivity index (χ0n) is 14.1. The van der Waals surface area contributed by atoms with Crippen molar-refractivity contribution in [3.05, 3.63) is 47.8 Å². The van der Waals surface area contributed by atoms with Gasteiger partial charge in [-0.3, -0.25) is 4.79 Å². The summed E-state index contributed by atoms with van der Waals surface area (Å²) in [7, 11) is 5.01. The molecule has 0 bridgehead atoms. The molecule has 0 saturated carbocycles. The molecule has 6 heteroatoms. The van der Waals surface area contributed by atoms with Crippen LogP contribution in [0.5, 0.6) is 11.5 Å². The summed E-state index contributed by atoms with van der Waals surface area (Å²) in [5, 5.41) is 2.88. The molecule has 1 N–H and O–H groups in total. The molecular formula is C18H19N3O3. The van der Waals surface area contributed by atoms with Crippen LogP contribution < -0.4 is 14.8 Å². The van der Waals surface area contributed by atoms with Crippen LogP contribution in [0.2, 0.25) is 0 Å². The van der Waals surface area contributed by atoms with Crippen LogP contribution in [0.15, 0.2) is 36.4 Å². The second-order valence-corrected chi connectivity index (χ2v) is 5.41. The Morgan fingerprint density at radius 3 is 2.42 bits per heavy atom. The Hall–Kier alpha value is -3.02. The number of hydrogen-bond acceptors (Lipinski definition) is 4. The third-order valence-electron chi connectivity index (χ3n) is 4.02. The SMILES string of the molecule is COc1cccc(OC)c1C(=O)Nc1ccc2c(c1)nc(C)n2C. The summed E-state index contributed by atoms with van der Waals surface area (Å²) in [5.74, 6) is 1.54. The molecule has 0 fully saturated rings. The first-order valence-corrected chi connectivity index (χ1v) is 7.50. The first-order chi connectivity index (χ1) is 11.5. The van der Waals surface area contributed by atoms with Gasteiger partial charge in [-0.05, 0) is 37.3 Å². The number of fused-ring (bicyclic) bond motifs is 1. The lowest BCUT2D eigenvalue weighted by Crippen LogP contribution is -2.14. The van der Waals surface area contributed by atoms with Gasteiger partial charge >= 0.3 is 0 Å². The van der Waals surface area contributed by atoms with Gasteiger partial charge in [0.25, 0.3) is 5.91 Å². The summed E-state index contributed by atoms with van der Waals surface area (Å²) in [6, 6.07) is 10.9. The molecular weight excluding hydrogens is 306 g/mol. The Morgan fingerprint density at radius 2 is 1.79 bits per heavy atom. The number of benzene rings is 2. The van der Waals surface area contributed by atoms with Crippen molar-refractivity contribution in [2.45, 2.75) is 6.92 Å². The van der Waals surface area contributed by atoms with E-state index in [4.69, 9.17) is 9.47 Å². The number of rotatable bonds is 4. The molecule has 0 aliphatic carbocycles. The zero-order valence-corrected chi connectivity index (χ0v) is 14.1. The summed E-state index contributed by atoms with van der Waals surface area (Å²) in [4.78, 5) is 17.2. The van der Waals surface area contributed by atoms with Gasteiger partial charge < -0.3 is 19.4 Å². The molecule has 0 atom stereocenters. The molecule has 3 aromatic rings. The lowest BCUT2D eigenvalue weighted by Gasteiger charge is -2.13. The van der Waals surface area contributed by atoms with E-state index >= 15 is 0 Å². The van der Waals surface area contributed by atoms with Crippen LogP contribution in [0.3, 0.4) is 0 Å². The van der Waals surface area contributed by atoms with E-state index in [1.165, 1.54) is 14.2 Å². The molecule has 1 amide bonds. The van der Waals surface area contributed by atoms with Crippen molar-refractivity contribution in [2.24, 2.45) is 7.05 Å². The van der Waals surface area contributed by atoms with Gasteiger partial charge in [-0.25, -0.2) is 4.98 Å². The van der Waals surface area contributed by atoms with Gasteiger partial charge in [0.2, 0.25) is 0 Å². The van der Waals surface area contributed by atoms with Crippen molar-refractivity contribution in [3.8, 4) is 11.5 Å². The van der Waals surface area contributed by atoms with E-state index in [9.17, 15) is 4.79 Å². The molecule has 0 radical (unpaired) electrons. The van der Waals surface area contributed by atoms with E-state index in [1.807, 2.05) is 36.7 Å². The highest BCUT2D eigenvalue weighted by molar-refractivity contribution is 6.08. The first kappa shape index (κ1) is 15.9. The molecule has 0 unspecified atom stereocenters.